The zero-order valence-corrected chi connectivity index (χ0v) is 22.9. The minimum Gasteiger partial charge on any atom is -0.507 e. The summed E-state index contributed by atoms with van der Waals surface area (Å²) in [5.74, 6) is 3.80. The number of benzene rings is 1. The molecule has 0 fully saturated rings. The van der Waals surface area contributed by atoms with Crippen LogP contribution in [0.15, 0.2) is 0 Å². The van der Waals surface area contributed by atoms with Gasteiger partial charge in [0.2, 0.25) is 0 Å². The number of aliphatic hydroxyl groups is 1. The highest BCUT2D eigenvalue weighted by Gasteiger charge is 2.42. The molecule has 0 saturated carbocycles. The standard InChI is InChI=1S/C30H52O3/c1-20(2)12-9-13-21(3)14-10-15-22(4)16-11-17-30(8)26(19-31)18-27-25(7)28(32)23(5)24(6)29(27)33-30/h20-22,26,31-32H,9-19H2,1-8H3/t21-,22+,26?,30-/m0/s1. The number of ether oxygens (including phenoxy) is 1. The molecule has 0 bridgehead atoms. The van der Waals surface area contributed by atoms with Crippen molar-refractivity contribution in [2.24, 2.45) is 23.7 Å². The molecule has 0 saturated heterocycles. The molecule has 33 heavy (non-hydrogen) atoms. The maximum absolute atomic E-state index is 10.5. The van der Waals surface area contributed by atoms with Gasteiger partial charge in [-0.1, -0.05) is 72.6 Å². The lowest BCUT2D eigenvalue weighted by molar-refractivity contribution is -0.0252. The predicted molar refractivity (Wildman–Crippen MR) is 140 cm³/mol. The summed E-state index contributed by atoms with van der Waals surface area (Å²) < 4.78 is 6.65. The first-order valence-electron chi connectivity index (χ1n) is 13.6. The second-order valence-electron chi connectivity index (χ2n) is 11.9. The number of rotatable bonds is 13. The van der Waals surface area contributed by atoms with Crippen LogP contribution in [0.3, 0.4) is 0 Å². The Hall–Kier alpha value is -1.22. The first-order valence-corrected chi connectivity index (χ1v) is 13.6. The van der Waals surface area contributed by atoms with E-state index in [1.807, 2.05) is 20.8 Å². The molecule has 1 aliphatic heterocycles. The molecule has 0 aliphatic carbocycles. The van der Waals surface area contributed by atoms with Gasteiger partial charge in [0.15, 0.2) is 0 Å². The van der Waals surface area contributed by atoms with Crippen LogP contribution in [-0.2, 0) is 6.42 Å². The molecule has 0 aromatic heterocycles. The van der Waals surface area contributed by atoms with E-state index in [-0.39, 0.29) is 18.1 Å². The van der Waals surface area contributed by atoms with Gasteiger partial charge >= 0.3 is 0 Å². The van der Waals surface area contributed by atoms with E-state index >= 15 is 0 Å². The van der Waals surface area contributed by atoms with Gasteiger partial charge in [-0.2, -0.15) is 0 Å². The summed E-state index contributed by atoms with van der Waals surface area (Å²) in [7, 11) is 0. The summed E-state index contributed by atoms with van der Waals surface area (Å²) in [5, 5.41) is 20.6. The molecular weight excluding hydrogens is 408 g/mol. The van der Waals surface area contributed by atoms with Crippen molar-refractivity contribution in [3.05, 3.63) is 22.3 Å². The number of phenolic OH excluding ortho intramolecular Hbond substituents is 1. The Bertz CT molecular complexity index is 754. The highest BCUT2D eigenvalue weighted by atomic mass is 16.5. The summed E-state index contributed by atoms with van der Waals surface area (Å²) in [6.07, 6.45) is 12.2. The third-order valence-electron chi connectivity index (χ3n) is 8.45. The fourth-order valence-corrected chi connectivity index (χ4v) is 5.62. The highest BCUT2D eigenvalue weighted by molar-refractivity contribution is 5.58. The summed E-state index contributed by atoms with van der Waals surface area (Å²) in [5.41, 5.74) is 3.56. The minimum absolute atomic E-state index is 0.0622. The van der Waals surface area contributed by atoms with E-state index in [9.17, 15) is 10.2 Å². The van der Waals surface area contributed by atoms with Gasteiger partial charge in [-0.15, -0.1) is 0 Å². The fourth-order valence-electron chi connectivity index (χ4n) is 5.62. The van der Waals surface area contributed by atoms with E-state index in [4.69, 9.17) is 4.74 Å². The van der Waals surface area contributed by atoms with Gasteiger partial charge < -0.3 is 14.9 Å². The monoisotopic (exact) mass is 460 g/mol. The number of aliphatic hydroxyl groups excluding tert-OH is 1. The zero-order valence-electron chi connectivity index (χ0n) is 22.9. The largest absolute Gasteiger partial charge is 0.507 e. The second kappa shape index (κ2) is 12.5. The maximum Gasteiger partial charge on any atom is 0.127 e. The quantitative estimate of drug-likeness (QED) is 0.313. The minimum atomic E-state index is -0.354. The number of fused-ring (bicyclic) bond motifs is 1. The molecule has 0 spiro atoms. The average Bonchev–Trinajstić information content (AvgIpc) is 2.75. The third kappa shape index (κ3) is 7.38. The van der Waals surface area contributed by atoms with Crippen LogP contribution in [0.5, 0.6) is 11.5 Å². The fraction of sp³-hybridized carbons (Fsp3) is 0.800. The van der Waals surface area contributed by atoms with Crippen LogP contribution < -0.4 is 4.74 Å². The lowest BCUT2D eigenvalue weighted by Crippen LogP contribution is -2.47. The maximum atomic E-state index is 10.5. The SMILES string of the molecule is Cc1c(C)c2c(c(C)c1O)CC(CO)[C@](C)(CCC[C@H](C)CCC[C@@H](C)CCCC(C)C)O2. The second-order valence-corrected chi connectivity index (χ2v) is 11.9. The zero-order chi connectivity index (χ0) is 24.8. The van der Waals surface area contributed by atoms with E-state index in [1.165, 1.54) is 44.9 Å². The lowest BCUT2D eigenvalue weighted by atomic mass is 9.76. The van der Waals surface area contributed by atoms with E-state index in [0.29, 0.717) is 5.75 Å². The Morgan fingerprint density at radius 1 is 0.848 bits per heavy atom. The number of aromatic hydroxyl groups is 1. The average molecular weight is 461 g/mol. The van der Waals surface area contributed by atoms with Crippen LogP contribution in [0.25, 0.3) is 0 Å². The van der Waals surface area contributed by atoms with Crippen molar-refractivity contribution >= 4 is 0 Å². The van der Waals surface area contributed by atoms with Gasteiger partial charge in [0, 0.05) is 11.5 Å². The van der Waals surface area contributed by atoms with Crippen molar-refractivity contribution in [1.82, 2.24) is 0 Å². The van der Waals surface area contributed by atoms with E-state index < -0.39 is 0 Å². The van der Waals surface area contributed by atoms with Crippen molar-refractivity contribution < 1.29 is 14.9 Å². The molecule has 190 valence electrons. The molecule has 2 rings (SSSR count). The summed E-state index contributed by atoms with van der Waals surface area (Å²) in [4.78, 5) is 0. The van der Waals surface area contributed by atoms with Gasteiger partial charge in [0.05, 0.1) is 6.61 Å². The summed E-state index contributed by atoms with van der Waals surface area (Å²) >= 11 is 0. The van der Waals surface area contributed by atoms with Gasteiger partial charge in [-0.25, -0.2) is 0 Å². The van der Waals surface area contributed by atoms with Crippen LogP contribution in [-0.4, -0.2) is 22.4 Å². The molecule has 3 nitrogen and oxygen atoms in total. The molecule has 1 aromatic rings. The lowest BCUT2D eigenvalue weighted by Gasteiger charge is -2.43. The van der Waals surface area contributed by atoms with Gasteiger partial charge in [0.25, 0.3) is 0 Å². The molecule has 1 aliphatic rings. The highest BCUT2D eigenvalue weighted by Crippen LogP contribution is 2.46. The van der Waals surface area contributed by atoms with E-state index in [1.54, 1.807) is 0 Å². The van der Waals surface area contributed by atoms with Crippen molar-refractivity contribution in [1.29, 1.82) is 0 Å². The molecule has 0 radical (unpaired) electrons. The predicted octanol–water partition coefficient (Wildman–Crippen LogP) is 8.06. The smallest absolute Gasteiger partial charge is 0.127 e. The molecule has 1 unspecified atom stereocenters. The normalized spacial score (nSPS) is 22.2. The Kier molecular flexibility index (Phi) is 10.6. The molecule has 2 N–H and O–H groups in total. The summed E-state index contributed by atoms with van der Waals surface area (Å²) in [6.45, 7) is 17.7. The van der Waals surface area contributed by atoms with Crippen molar-refractivity contribution in [3.8, 4) is 11.5 Å². The molecule has 0 amide bonds. The first kappa shape index (κ1) is 28.0. The van der Waals surface area contributed by atoms with E-state index in [2.05, 4.69) is 34.6 Å². The molecule has 1 aromatic carbocycles. The van der Waals surface area contributed by atoms with E-state index in [0.717, 1.165) is 65.0 Å². The Morgan fingerprint density at radius 2 is 1.39 bits per heavy atom. The third-order valence-corrected chi connectivity index (χ3v) is 8.45. The van der Waals surface area contributed by atoms with Gasteiger partial charge in [0.1, 0.15) is 17.1 Å². The number of phenols is 1. The molecule has 3 heteroatoms. The Morgan fingerprint density at radius 3 is 1.94 bits per heavy atom. The van der Waals surface area contributed by atoms with Crippen LogP contribution >= 0.6 is 0 Å². The van der Waals surface area contributed by atoms with Gasteiger partial charge in [-0.05, 0) is 81.4 Å². The van der Waals surface area contributed by atoms with Gasteiger partial charge in [-0.3, -0.25) is 0 Å². The van der Waals surface area contributed by atoms with Crippen molar-refractivity contribution in [2.45, 2.75) is 125 Å². The van der Waals surface area contributed by atoms with Crippen molar-refractivity contribution in [2.75, 3.05) is 6.61 Å². The van der Waals surface area contributed by atoms with Crippen molar-refractivity contribution in [3.63, 3.8) is 0 Å². The number of hydrogen-bond acceptors (Lipinski definition) is 3. The summed E-state index contributed by atoms with van der Waals surface area (Å²) in [6, 6.07) is 0. The van der Waals surface area contributed by atoms with Crippen LogP contribution in [0.1, 0.15) is 115 Å². The molecule has 4 atom stereocenters. The Labute approximate surface area is 204 Å². The first-order chi connectivity index (χ1) is 15.5. The molecule has 1 heterocycles. The van der Waals surface area contributed by atoms with Crippen LogP contribution in [0.2, 0.25) is 0 Å². The molecular formula is C30H52O3. The topological polar surface area (TPSA) is 49.7 Å². The van der Waals surface area contributed by atoms with Crippen LogP contribution in [0.4, 0.5) is 0 Å². The Balaban J connectivity index is 1.85. The number of hydrogen-bond donors (Lipinski definition) is 2. The van der Waals surface area contributed by atoms with Crippen LogP contribution in [0, 0.1) is 44.4 Å².